The molecule has 0 saturated carbocycles. The predicted molar refractivity (Wildman–Crippen MR) is 160 cm³/mol. The average molecular weight is 582 g/mol. The van der Waals surface area contributed by atoms with Gasteiger partial charge in [-0.05, 0) is 81.3 Å². The van der Waals surface area contributed by atoms with Gasteiger partial charge in [0, 0.05) is 13.1 Å². The second-order valence-electron chi connectivity index (χ2n) is 9.59. The molecule has 0 aromatic heterocycles. The number of benzene rings is 3. The summed E-state index contributed by atoms with van der Waals surface area (Å²) in [5, 5.41) is 2.84. The summed E-state index contributed by atoms with van der Waals surface area (Å²) in [5.74, 6) is 0.399. The molecule has 3 aromatic carbocycles. The molecule has 10 heteroatoms. The van der Waals surface area contributed by atoms with Crippen molar-refractivity contribution in [3.63, 3.8) is 0 Å². The maximum Gasteiger partial charge on any atom is 0.264 e. The van der Waals surface area contributed by atoms with Crippen LogP contribution in [0, 0.1) is 6.92 Å². The Kier molecular flexibility index (Phi) is 11.2. The van der Waals surface area contributed by atoms with E-state index in [9.17, 15) is 18.0 Å². The number of rotatable bonds is 14. The topological polar surface area (TPSA) is 105 Å². The van der Waals surface area contributed by atoms with Crippen molar-refractivity contribution in [1.82, 2.24) is 10.2 Å². The lowest BCUT2D eigenvalue weighted by molar-refractivity contribution is -0.139. The van der Waals surface area contributed by atoms with Gasteiger partial charge < -0.3 is 19.7 Å². The molecule has 0 fully saturated rings. The van der Waals surface area contributed by atoms with Crippen LogP contribution in [0.5, 0.6) is 11.5 Å². The zero-order chi connectivity index (χ0) is 30.0. The van der Waals surface area contributed by atoms with Gasteiger partial charge in [-0.3, -0.25) is 13.9 Å². The minimum Gasteiger partial charge on any atom is -0.497 e. The summed E-state index contributed by atoms with van der Waals surface area (Å²) in [7, 11) is -2.57. The molecule has 220 valence electrons. The van der Waals surface area contributed by atoms with Gasteiger partial charge >= 0.3 is 0 Å². The Balaban J connectivity index is 2.01. The lowest BCUT2D eigenvalue weighted by Gasteiger charge is -2.32. The van der Waals surface area contributed by atoms with Crippen LogP contribution >= 0.6 is 0 Å². The second kappa shape index (κ2) is 14.5. The van der Waals surface area contributed by atoms with Crippen LogP contribution in [0.1, 0.15) is 38.3 Å². The monoisotopic (exact) mass is 581 g/mol. The van der Waals surface area contributed by atoms with Crippen LogP contribution in [0.2, 0.25) is 0 Å². The highest BCUT2D eigenvalue weighted by atomic mass is 32.2. The fourth-order valence-corrected chi connectivity index (χ4v) is 5.56. The molecule has 0 unspecified atom stereocenters. The Labute approximate surface area is 243 Å². The van der Waals surface area contributed by atoms with Crippen molar-refractivity contribution in [3.05, 3.63) is 83.9 Å². The third kappa shape index (κ3) is 8.23. The van der Waals surface area contributed by atoms with Gasteiger partial charge in [0.15, 0.2) is 0 Å². The van der Waals surface area contributed by atoms with Crippen molar-refractivity contribution < 1.29 is 27.5 Å². The van der Waals surface area contributed by atoms with Gasteiger partial charge in [-0.1, -0.05) is 36.8 Å². The van der Waals surface area contributed by atoms with E-state index in [0.29, 0.717) is 30.3 Å². The maximum atomic E-state index is 14.0. The normalized spacial score (nSPS) is 11.8. The highest BCUT2D eigenvalue weighted by molar-refractivity contribution is 7.92. The number of anilines is 1. The van der Waals surface area contributed by atoms with E-state index in [4.69, 9.17) is 9.47 Å². The van der Waals surface area contributed by atoms with Gasteiger partial charge in [0.25, 0.3) is 10.0 Å². The van der Waals surface area contributed by atoms with Gasteiger partial charge in [-0.15, -0.1) is 0 Å². The Morgan fingerprint density at radius 3 is 2.07 bits per heavy atom. The van der Waals surface area contributed by atoms with Gasteiger partial charge in [0.05, 0.1) is 24.3 Å². The first-order valence-electron chi connectivity index (χ1n) is 13.6. The molecule has 0 heterocycles. The molecule has 9 nitrogen and oxygen atoms in total. The van der Waals surface area contributed by atoms with Crippen molar-refractivity contribution in [3.8, 4) is 11.5 Å². The third-order valence-corrected chi connectivity index (χ3v) is 8.34. The molecule has 3 aromatic rings. The van der Waals surface area contributed by atoms with Gasteiger partial charge in [-0.25, -0.2) is 8.42 Å². The van der Waals surface area contributed by atoms with E-state index in [1.165, 1.54) is 17.0 Å². The molecule has 2 amide bonds. The van der Waals surface area contributed by atoms with Crippen LogP contribution < -0.4 is 19.1 Å². The van der Waals surface area contributed by atoms with Crippen LogP contribution in [0.3, 0.4) is 0 Å². The van der Waals surface area contributed by atoms with Crippen molar-refractivity contribution >= 4 is 27.5 Å². The van der Waals surface area contributed by atoms with Crippen LogP contribution in [0.25, 0.3) is 0 Å². The Hall–Kier alpha value is -4.05. The van der Waals surface area contributed by atoms with Gasteiger partial charge in [0.1, 0.15) is 24.1 Å². The fourth-order valence-electron chi connectivity index (χ4n) is 4.15. The van der Waals surface area contributed by atoms with Crippen molar-refractivity contribution in [2.24, 2.45) is 0 Å². The quantitative estimate of drug-likeness (QED) is 0.300. The van der Waals surface area contributed by atoms with Gasteiger partial charge in [0.2, 0.25) is 11.8 Å². The smallest absolute Gasteiger partial charge is 0.264 e. The molecule has 0 saturated heterocycles. The first-order valence-corrected chi connectivity index (χ1v) is 15.1. The Morgan fingerprint density at radius 2 is 1.51 bits per heavy atom. The Bertz CT molecular complexity index is 1390. The second-order valence-corrected chi connectivity index (χ2v) is 11.5. The van der Waals surface area contributed by atoms with Crippen molar-refractivity contribution in [2.75, 3.05) is 31.1 Å². The summed E-state index contributed by atoms with van der Waals surface area (Å²) < 4.78 is 39.7. The standard InChI is InChI=1S/C31H39N3O6S/c1-6-20-32-31(36)24(4)33(21-25-10-14-27(39-5)15-11-25)30(35)22-34(26-12-16-28(17-13-26)40-7-2)41(37,38)29-18-8-23(3)9-19-29/h8-19,24H,6-7,20-22H2,1-5H3,(H,32,36)/t24-/m1/s1. The minimum absolute atomic E-state index is 0.0558. The zero-order valence-electron chi connectivity index (χ0n) is 24.3. The first-order chi connectivity index (χ1) is 19.6. The number of nitrogens with zero attached hydrogens (tertiary/aromatic N) is 2. The van der Waals surface area contributed by atoms with E-state index in [1.54, 1.807) is 62.6 Å². The van der Waals surface area contributed by atoms with E-state index >= 15 is 0 Å². The SMILES string of the molecule is CCCNC(=O)[C@@H](C)N(Cc1ccc(OC)cc1)C(=O)CN(c1ccc(OCC)cc1)S(=O)(=O)c1ccc(C)cc1. The fraction of sp³-hybridized carbons (Fsp3) is 0.355. The molecule has 0 aliphatic carbocycles. The summed E-state index contributed by atoms with van der Waals surface area (Å²) in [6.45, 7) is 7.83. The van der Waals surface area contributed by atoms with Crippen LogP contribution in [0.15, 0.2) is 77.7 Å². The highest BCUT2D eigenvalue weighted by Crippen LogP contribution is 2.27. The summed E-state index contributed by atoms with van der Waals surface area (Å²) >= 11 is 0. The average Bonchev–Trinajstić information content (AvgIpc) is 2.98. The van der Waals surface area contributed by atoms with E-state index in [2.05, 4.69) is 5.32 Å². The van der Waals surface area contributed by atoms with Gasteiger partial charge in [-0.2, -0.15) is 0 Å². The molecular weight excluding hydrogens is 542 g/mol. The first kappa shape index (κ1) is 31.5. The van der Waals surface area contributed by atoms with E-state index < -0.39 is 28.5 Å². The Morgan fingerprint density at radius 1 is 0.902 bits per heavy atom. The summed E-state index contributed by atoms with van der Waals surface area (Å²) in [4.78, 5) is 28.4. The number of carbonyl (C=O) groups excluding carboxylic acids is 2. The number of carbonyl (C=O) groups is 2. The number of hydrogen-bond acceptors (Lipinski definition) is 6. The lowest BCUT2D eigenvalue weighted by atomic mass is 10.1. The van der Waals surface area contributed by atoms with Crippen molar-refractivity contribution in [2.45, 2.75) is 51.6 Å². The van der Waals surface area contributed by atoms with Crippen LogP contribution in [-0.4, -0.2) is 58.0 Å². The highest BCUT2D eigenvalue weighted by Gasteiger charge is 2.32. The number of amides is 2. The minimum atomic E-state index is -4.14. The number of nitrogens with one attached hydrogen (secondary N) is 1. The molecule has 0 radical (unpaired) electrons. The number of sulfonamides is 1. The number of aryl methyl sites for hydroxylation is 1. The lowest BCUT2D eigenvalue weighted by Crippen LogP contribution is -2.51. The molecule has 0 bridgehead atoms. The molecule has 0 spiro atoms. The number of methoxy groups -OCH3 is 1. The summed E-state index contributed by atoms with van der Waals surface area (Å²) in [6, 6.07) is 19.3. The van der Waals surface area contributed by atoms with Crippen LogP contribution in [-0.2, 0) is 26.2 Å². The van der Waals surface area contributed by atoms with Crippen molar-refractivity contribution in [1.29, 1.82) is 0 Å². The number of hydrogen-bond donors (Lipinski definition) is 1. The molecule has 0 aliphatic rings. The molecule has 1 N–H and O–H groups in total. The molecular formula is C31H39N3O6S. The van der Waals surface area contributed by atoms with Crippen LogP contribution in [0.4, 0.5) is 5.69 Å². The third-order valence-electron chi connectivity index (χ3n) is 6.55. The number of ether oxygens (including phenoxy) is 2. The maximum absolute atomic E-state index is 14.0. The van der Waals surface area contributed by atoms with E-state index in [1.807, 2.05) is 32.9 Å². The molecule has 0 aliphatic heterocycles. The molecule has 1 atom stereocenters. The largest absolute Gasteiger partial charge is 0.497 e. The summed E-state index contributed by atoms with van der Waals surface area (Å²) in [6.07, 6.45) is 0.741. The predicted octanol–water partition coefficient (Wildman–Crippen LogP) is 4.54. The molecule has 41 heavy (non-hydrogen) atoms. The van der Waals surface area contributed by atoms with E-state index in [-0.39, 0.29) is 17.3 Å². The molecule has 3 rings (SSSR count). The van der Waals surface area contributed by atoms with E-state index in [0.717, 1.165) is 21.9 Å². The zero-order valence-corrected chi connectivity index (χ0v) is 25.1. The summed E-state index contributed by atoms with van der Waals surface area (Å²) in [5.41, 5.74) is 1.98.